The molecule has 3 aromatic carbocycles. The van der Waals surface area contributed by atoms with Crippen molar-refractivity contribution in [1.29, 1.82) is 0 Å². The highest BCUT2D eigenvalue weighted by Crippen LogP contribution is 2.38. The average molecular weight is 553 g/mol. The molecule has 1 amide bonds. The number of aromatic nitrogens is 2. The Morgan fingerprint density at radius 1 is 0.975 bits per heavy atom. The average Bonchev–Trinajstić information content (AvgIpc) is 3.33. The summed E-state index contributed by atoms with van der Waals surface area (Å²) in [5.74, 6) is -0.371. The van der Waals surface area contributed by atoms with Crippen LogP contribution in [0.15, 0.2) is 95.1 Å². The van der Waals surface area contributed by atoms with Crippen molar-refractivity contribution in [3.8, 4) is 28.0 Å². The molecule has 5 aromatic rings. The normalized spacial score (nSPS) is 11.3. The van der Waals surface area contributed by atoms with E-state index in [9.17, 15) is 23.1 Å². The molecular weight excluding hydrogens is 528 g/mol. The molecule has 0 aliphatic heterocycles. The number of isocyanates is 1. The number of pyridine rings is 1. The monoisotopic (exact) mass is 552 g/mol. The van der Waals surface area contributed by atoms with Crippen molar-refractivity contribution in [2.45, 2.75) is 11.8 Å². The number of hydrogen-bond acceptors (Lipinski definition) is 7. The van der Waals surface area contributed by atoms with Gasteiger partial charge in [-0.05, 0) is 48.9 Å². The second-order valence-corrected chi connectivity index (χ2v) is 11.2. The van der Waals surface area contributed by atoms with Crippen LogP contribution >= 0.6 is 0 Å². The second-order valence-electron chi connectivity index (χ2n) is 9.40. The predicted molar refractivity (Wildman–Crippen MR) is 152 cm³/mol. The maximum absolute atomic E-state index is 13.7. The number of hydrogen-bond donors (Lipinski definition) is 1. The fourth-order valence-corrected chi connectivity index (χ4v) is 5.76. The lowest BCUT2D eigenvalue weighted by molar-refractivity contribution is 0.0828. The van der Waals surface area contributed by atoms with Gasteiger partial charge in [-0.3, -0.25) is 4.79 Å². The van der Waals surface area contributed by atoms with Gasteiger partial charge in [0.1, 0.15) is 5.75 Å². The minimum Gasteiger partial charge on any atom is -0.507 e. The highest BCUT2D eigenvalue weighted by molar-refractivity contribution is 7.90. The third kappa shape index (κ3) is 4.66. The van der Waals surface area contributed by atoms with E-state index in [1.165, 1.54) is 47.6 Å². The van der Waals surface area contributed by atoms with Crippen molar-refractivity contribution in [2.24, 2.45) is 4.99 Å². The molecule has 0 unspecified atom stereocenters. The van der Waals surface area contributed by atoms with Gasteiger partial charge in [0, 0.05) is 48.6 Å². The Kier molecular flexibility index (Phi) is 6.81. The van der Waals surface area contributed by atoms with Crippen LogP contribution in [0.5, 0.6) is 5.75 Å². The van der Waals surface area contributed by atoms with Crippen LogP contribution in [0.2, 0.25) is 0 Å². The minimum atomic E-state index is -4.03. The van der Waals surface area contributed by atoms with Crippen LogP contribution in [0, 0.1) is 6.92 Å². The number of aliphatic imine (C=N–C) groups is 1. The topological polar surface area (TPSA) is 122 Å². The summed E-state index contributed by atoms with van der Waals surface area (Å²) in [6.07, 6.45) is 4.44. The summed E-state index contributed by atoms with van der Waals surface area (Å²) in [6.45, 7) is 1.87. The molecular formula is C30H24N4O5S. The largest absolute Gasteiger partial charge is 0.507 e. The van der Waals surface area contributed by atoms with Gasteiger partial charge in [0.05, 0.1) is 16.1 Å². The van der Waals surface area contributed by atoms with E-state index in [0.717, 1.165) is 9.54 Å². The lowest BCUT2D eigenvalue weighted by atomic mass is 9.99. The third-order valence-electron chi connectivity index (χ3n) is 6.52. The van der Waals surface area contributed by atoms with Gasteiger partial charge in [0.25, 0.3) is 15.9 Å². The summed E-state index contributed by atoms with van der Waals surface area (Å²) in [5.41, 5.74) is 3.56. The molecule has 2 heterocycles. The SMILES string of the molecule is Cc1ccc(S(=O)(=O)n2cc(-c3ccccc3O)c3cc(-c4ccc(N=C=O)c(C(=O)N(C)C)c4)cnc32)cc1. The van der Waals surface area contributed by atoms with Crippen LogP contribution in [0.1, 0.15) is 15.9 Å². The van der Waals surface area contributed by atoms with Crippen molar-refractivity contribution in [3.05, 3.63) is 96.3 Å². The van der Waals surface area contributed by atoms with E-state index in [0.29, 0.717) is 27.6 Å². The summed E-state index contributed by atoms with van der Waals surface area (Å²) in [7, 11) is -0.846. The number of phenolic OH excluding ortho intramolecular Hbond substituents is 1. The molecule has 40 heavy (non-hydrogen) atoms. The number of aromatic hydroxyl groups is 1. The number of fused-ring (bicyclic) bond motifs is 1. The first-order chi connectivity index (χ1) is 19.1. The van der Waals surface area contributed by atoms with Crippen LogP contribution in [0.3, 0.4) is 0 Å². The zero-order valence-corrected chi connectivity index (χ0v) is 22.7. The van der Waals surface area contributed by atoms with Crippen LogP contribution in [-0.2, 0) is 14.8 Å². The molecule has 1 N–H and O–H groups in total. The Bertz CT molecular complexity index is 1940. The number of carbonyl (C=O) groups excluding carboxylic acids is 2. The summed E-state index contributed by atoms with van der Waals surface area (Å²) < 4.78 is 28.5. The zero-order valence-electron chi connectivity index (χ0n) is 21.9. The zero-order chi connectivity index (χ0) is 28.6. The Balaban J connectivity index is 1.76. The van der Waals surface area contributed by atoms with Gasteiger partial charge in [-0.1, -0.05) is 42.0 Å². The van der Waals surface area contributed by atoms with E-state index in [4.69, 9.17) is 0 Å². The molecule has 0 saturated carbocycles. The fraction of sp³-hybridized carbons (Fsp3) is 0.100. The molecule has 0 aliphatic carbocycles. The Hall–Kier alpha value is -5.05. The standard InChI is InChI=1S/C30H24N4O5S/c1-19-8-11-22(12-9-19)40(38,39)34-17-26(23-6-4-5-7-28(23)36)24-15-21(16-31-29(24)34)20-10-13-27(32-18-35)25(14-20)30(37)33(2)3/h4-17,36H,1-3H3. The Morgan fingerprint density at radius 3 is 2.38 bits per heavy atom. The second kappa shape index (κ2) is 10.3. The van der Waals surface area contributed by atoms with Gasteiger partial charge in [0.2, 0.25) is 6.08 Å². The molecule has 0 aliphatic rings. The molecule has 0 spiro atoms. The van der Waals surface area contributed by atoms with Crippen LogP contribution < -0.4 is 0 Å². The summed E-state index contributed by atoms with van der Waals surface area (Å²) >= 11 is 0. The maximum atomic E-state index is 13.7. The molecule has 200 valence electrons. The van der Waals surface area contributed by atoms with Gasteiger partial charge >= 0.3 is 0 Å². The number of para-hydroxylation sites is 1. The first-order valence-corrected chi connectivity index (χ1v) is 13.6. The molecule has 9 nitrogen and oxygen atoms in total. The maximum Gasteiger partial charge on any atom is 0.269 e. The van der Waals surface area contributed by atoms with Crippen LogP contribution in [-0.4, -0.2) is 53.5 Å². The summed E-state index contributed by atoms with van der Waals surface area (Å²) in [4.78, 5) is 33.4. The van der Waals surface area contributed by atoms with Crippen molar-refractivity contribution in [1.82, 2.24) is 13.9 Å². The van der Waals surface area contributed by atoms with Crippen molar-refractivity contribution < 1.29 is 23.1 Å². The number of rotatable bonds is 6. The van der Waals surface area contributed by atoms with Gasteiger partial charge in [-0.15, -0.1) is 0 Å². The minimum absolute atomic E-state index is 0.0189. The molecule has 2 aromatic heterocycles. The first kappa shape index (κ1) is 26.6. The highest BCUT2D eigenvalue weighted by Gasteiger charge is 2.24. The number of nitrogens with zero attached hydrogens (tertiary/aromatic N) is 4. The number of aryl methyl sites for hydroxylation is 1. The summed E-state index contributed by atoms with van der Waals surface area (Å²) in [5, 5.41) is 11.1. The van der Waals surface area contributed by atoms with Gasteiger partial charge in [-0.2, -0.15) is 4.99 Å². The Morgan fingerprint density at radius 2 is 1.70 bits per heavy atom. The van der Waals surface area contributed by atoms with Crippen molar-refractivity contribution in [3.63, 3.8) is 0 Å². The van der Waals surface area contributed by atoms with Crippen LogP contribution in [0.4, 0.5) is 5.69 Å². The van der Waals surface area contributed by atoms with Gasteiger partial charge in [-0.25, -0.2) is 22.2 Å². The smallest absolute Gasteiger partial charge is 0.269 e. The van der Waals surface area contributed by atoms with E-state index < -0.39 is 10.0 Å². The Labute approximate surface area is 230 Å². The highest BCUT2D eigenvalue weighted by atomic mass is 32.2. The molecule has 0 fully saturated rings. The number of benzene rings is 3. The van der Waals surface area contributed by atoms with Crippen LogP contribution in [0.25, 0.3) is 33.3 Å². The van der Waals surface area contributed by atoms with Gasteiger partial charge in [0.15, 0.2) is 5.65 Å². The lowest BCUT2D eigenvalue weighted by Gasteiger charge is -2.13. The molecule has 10 heteroatoms. The van der Waals surface area contributed by atoms with E-state index in [1.54, 1.807) is 62.6 Å². The third-order valence-corrected chi connectivity index (χ3v) is 8.18. The summed E-state index contributed by atoms with van der Waals surface area (Å²) in [6, 6.07) is 19.7. The van der Waals surface area contributed by atoms with Gasteiger partial charge < -0.3 is 10.0 Å². The lowest BCUT2D eigenvalue weighted by Crippen LogP contribution is -2.21. The van der Waals surface area contributed by atoms with Crippen molar-refractivity contribution >= 4 is 38.7 Å². The molecule has 0 atom stereocenters. The number of carbonyl (C=O) groups is 1. The molecule has 5 rings (SSSR count). The molecule has 0 radical (unpaired) electrons. The molecule has 0 saturated heterocycles. The van der Waals surface area contributed by atoms with E-state index in [-0.39, 0.29) is 33.5 Å². The number of amides is 1. The number of phenols is 1. The predicted octanol–water partition coefficient (Wildman–Crippen LogP) is 5.29. The van der Waals surface area contributed by atoms with Crippen molar-refractivity contribution in [2.75, 3.05) is 14.1 Å². The fourth-order valence-electron chi connectivity index (χ4n) is 4.43. The first-order valence-electron chi connectivity index (χ1n) is 12.2. The van der Waals surface area contributed by atoms with E-state index in [2.05, 4.69) is 9.98 Å². The van der Waals surface area contributed by atoms with E-state index in [1.807, 2.05) is 6.92 Å². The molecule has 0 bridgehead atoms. The van der Waals surface area contributed by atoms with E-state index >= 15 is 0 Å². The quantitative estimate of drug-likeness (QED) is 0.226.